The van der Waals surface area contributed by atoms with E-state index in [1.165, 1.54) is 24.3 Å². The minimum Gasteiger partial charge on any atom is -0.419 e. The van der Waals surface area contributed by atoms with Crippen LogP contribution in [0.25, 0.3) is 34.1 Å². The molecule has 134 valence electrons. The van der Waals surface area contributed by atoms with E-state index in [0.717, 1.165) is 5.57 Å². The van der Waals surface area contributed by atoms with Crippen molar-refractivity contribution in [2.75, 3.05) is 0 Å². The monoisotopic (exact) mass is 370 g/mol. The molecule has 6 rings (SSSR count). The van der Waals surface area contributed by atoms with Crippen LogP contribution in [0.5, 0.6) is 0 Å². The fourth-order valence-electron chi connectivity index (χ4n) is 3.73. The third kappa shape index (κ3) is 2.17. The van der Waals surface area contributed by atoms with Gasteiger partial charge in [-0.2, -0.15) is 0 Å². The summed E-state index contributed by atoms with van der Waals surface area (Å²) in [6.45, 7) is 0. The zero-order valence-corrected chi connectivity index (χ0v) is 14.3. The number of allylic oxidation sites excluding steroid dienone is 6. The van der Waals surface area contributed by atoms with Crippen LogP contribution < -0.4 is 22.1 Å². The number of hydrogen-bond acceptors (Lipinski definition) is 6. The second kappa shape index (κ2) is 5.76. The van der Waals surface area contributed by atoms with Gasteiger partial charge in [-0.25, -0.2) is 19.2 Å². The Labute approximate surface area is 156 Å². The minimum absolute atomic E-state index is 0.0136. The van der Waals surface area contributed by atoms with E-state index >= 15 is 0 Å². The molecule has 2 heterocycles. The summed E-state index contributed by atoms with van der Waals surface area (Å²) in [5, 5.41) is 0.596. The first-order valence-corrected chi connectivity index (χ1v) is 8.55. The van der Waals surface area contributed by atoms with Gasteiger partial charge in [0.1, 0.15) is 11.9 Å². The van der Waals surface area contributed by atoms with E-state index < -0.39 is 11.3 Å². The topological polar surface area (TPSA) is 94.6 Å². The van der Waals surface area contributed by atoms with Gasteiger partial charge in [0.2, 0.25) is 0 Å². The Morgan fingerprint density at radius 1 is 0.714 bits per heavy atom. The standard InChI is InChI=1S/C22H10O6/c23-9-11-1-3-13-16(7-11)20-15-5-4-14(19(13)20)21(25)27-17-6-2-12(10-24)8-18(17)28-22(15)26/h3-8H,1-2H2. The lowest BCUT2D eigenvalue weighted by molar-refractivity contribution is 0.414. The van der Waals surface area contributed by atoms with Gasteiger partial charge in [-0.05, 0) is 41.5 Å². The average molecular weight is 370 g/mol. The number of fused-ring (bicyclic) bond motifs is 4. The molecule has 0 N–H and O–H groups in total. The average Bonchev–Trinajstić information content (AvgIpc) is 2.71. The summed E-state index contributed by atoms with van der Waals surface area (Å²) in [5.74, 6) is 3.63. The smallest absolute Gasteiger partial charge is 0.344 e. The van der Waals surface area contributed by atoms with Gasteiger partial charge in [-0.3, -0.25) is 0 Å². The molecule has 3 aliphatic carbocycles. The molecule has 0 unspecified atom stereocenters. The first-order valence-electron chi connectivity index (χ1n) is 8.55. The highest BCUT2D eigenvalue weighted by Gasteiger charge is 2.33. The summed E-state index contributed by atoms with van der Waals surface area (Å²) in [7, 11) is 0. The Balaban J connectivity index is 2.02. The molecule has 0 saturated carbocycles. The van der Waals surface area contributed by atoms with Crippen LogP contribution in [-0.2, 0) is 9.59 Å². The van der Waals surface area contributed by atoms with E-state index in [9.17, 15) is 19.2 Å². The Hall–Kier alpha value is -3.98. The van der Waals surface area contributed by atoms with Gasteiger partial charge in [-0.15, -0.1) is 0 Å². The summed E-state index contributed by atoms with van der Waals surface area (Å²) in [6.07, 6.45) is 6.98. The zero-order chi connectivity index (χ0) is 19.4. The molecule has 0 saturated heterocycles. The second-order valence-corrected chi connectivity index (χ2v) is 6.61. The molecule has 0 atom stereocenters. The van der Waals surface area contributed by atoms with Crippen LogP contribution >= 0.6 is 0 Å². The highest BCUT2D eigenvalue weighted by atomic mass is 16.4. The lowest BCUT2D eigenvalue weighted by atomic mass is 9.71. The molecule has 28 heavy (non-hydrogen) atoms. The fraction of sp³-hybridized carbons (Fsp3) is 0.0909. The van der Waals surface area contributed by atoms with Gasteiger partial charge in [0.05, 0.1) is 10.8 Å². The molecule has 0 radical (unpaired) electrons. The lowest BCUT2D eigenvalue weighted by Gasteiger charge is -2.30. The summed E-state index contributed by atoms with van der Waals surface area (Å²) >= 11 is 0. The lowest BCUT2D eigenvalue weighted by Crippen LogP contribution is -2.31. The van der Waals surface area contributed by atoms with Gasteiger partial charge >= 0.3 is 11.3 Å². The molecule has 0 amide bonds. The highest BCUT2D eigenvalue weighted by Crippen LogP contribution is 2.50. The van der Waals surface area contributed by atoms with Gasteiger partial charge in [0, 0.05) is 35.1 Å². The van der Waals surface area contributed by atoms with Crippen molar-refractivity contribution in [3.8, 4) is 0 Å². The van der Waals surface area contributed by atoms with E-state index in [1.54, 1.807) is 12.0 Å². The third-order valence-electron chi connectivity index (χ3n) is 5.04. The Kier molecular flexibility index (Phi) is 3.34. The molecule has 0 fully saturated rings. The fourth-order valence-corrected chi connectivity index (χ4v) is 3.73. The molecule has 0 aliphatic heterocycles. The number of benzene rings is 1. The molecule has 2 aromatic heterocycles. The zero-order valence-electron chi connectivity index (χ0n) is 14.3. The molecule has 6 heteroatoms. The maximum absolute atomic E-state index is 12.8. The van der Waals surface area contributed by atoms with E-state index in [1.807, 2.05) is 12.0 Å². The summed E-state index contributed by atoms with van der Waals surface area (Å²) < 4.78 is 10.9. The first-order chi connectivity index (χ1) is 13.6. The number of hydrogen-bond donors (Lipinski definition) is 0. The van der Waals surface area contributed by atoms with Crippen molar-refractivity contribution in [3.05, 3.63) is 78.2 Å². The first kappa shape index (κ1) is 16.2. The van der Waals surface area contributed by atoms with Crippen LogP contribution in [0.2, 0.25) is 0 Å². The molecule has 6 nitrogen and oxygen atoms in total. The van der Waals surface area contributed by atoms with E-state index in [0.29, 0.717) is 34.1 Å². The molecule has 1 aromatic carbocycles. The number of carbonyl (C=O) groups excluding carboxylic acids is 2. The van der Waals surface area contributed by atoms with Crippen molar-refractivity contribution in [1.29, 1.82) is 0 Å². The summed E-state index contributed by atoms with van der Waals surface area (Å²) in [4.78, 5) is 47.6. The maximum Gasteiger partial charge on any atom is 0.344 e. The van der Waals surface area contributed by atoms with Crippen LogP contribution in [0, 0.1) is 0 Å². The molecule has 0 spiro atoms. The molecule has 2 bridgehead atoms. The van der Waals surface area contributed by atoms with Crippen molar-refractivity contribution in [2.24, 2.45) is 0 Å². The van der Waals surface area contributed by atoms with Gasteiger partial charge < -0.3 is 8.83 Å². The van der Waals surface area contributed by atoms with Crippen LogP contribution in [0.3, 0.4) is 0 Å². The minimum atomic E-state index is -0.646. The second-order valence-electron chi connectivity index (χ2n) is 6.61. The Morgan fingerprint density at radius 3 is 1.96 bits per heavy atom. The third-order valence-corrected chi connectivity index (χ3v) is 5.04. The van der Waals surface area contributed by atoms with Crippen LogP contribution in [0.4, 0.5) is 0 Å². The quantitative estimate of drug-likeness (QED) is 0.642. The van der Waals surface area contributed by atoms with Crippen molar-refractivity contribution in [1.82, 2.24) is 0 Å². The maximum atomic E-state index is 12.8. The molecular weight excluding hydrogens is 360 g/mol. The van der Waals surface area contributed by atoms with Crippen LogP contribution in [0.1, 0.15) is 24.0 Å². The van der Waals surface area contributed by atoms with E-state index in [2.05, 4.69) is 0 Å². The van der Waals surface area contributed by atoms with Gasteiger partial charge in [0.25, 0.3) is 0 Å². The predicted molar refractivity (Wildman–Crippen MR) is 102 cm³/mol. The normalized spacial score (nSPS) is 16.0. The molecule has 3 aromatic rings. The van der Waals surface area contributed by atoms with E-state index in [-0.39, 0.29) is 28.2 Å². The van der Waals surface area contributed by atoms with Crippen LogP contribution in [-0.4, -0.2) is 11.9 Å². The Bertz CT molecular complexity index is 1540. The largest absolute Gasteiger partial charge is 0.419 e. The summed E-state index contributed by atoms with van der Waals surface area (Å²) in [6, 6.07) is 3.04. The van der Waals surface area contributed by atoms with E-state index in [4.69, 9.17) is 8.83 Å². The van der Waals surface area contributed by atoms with Crippen molar-refractivity contribution in [3.63, 3.8) is 0 Å². The van der Waals surface area contributed by atoms with Crippen molar-refractivity contribution in [2.45, 2.75) is 12.8 Å². The summed E-state index contributed by atoms with van der Waals surface area (Å²) in [5.41, 5.74) is 2.25. The van der Waals surface area contributed by atoms with Crippen molar-refractivity contribution < 1.29 is 18.4 Å². The van der Waals surface area contributed by atoms with Gasteiger partial charge in [-0.1, -0.05) is 6.08 Å². The van der Waals surface area contributed by atoms with Gasteiger partial charge in [0.15, 0.2) is 10.8 Å². The van der Waals surface area contributed by atoms with Crippen molar-refractivity contribution >= 4 is 46.0 Å². The SMILES string of the molecule is O=C=C1C=C2C(=CC1)c1c2c2ccc1c(=O)oc1c(oc2=O)=CC(=C=O)CC=1. The Morgan fingerprint density at radius 2 is 1.29 bits per heavy atom. The highest BCUT2D eigenvalue weighted by molar-refractivity contribution is 6.25. The predicted octanol–water partition coefficient (Wildman–Crippen LogP) is 0.973. The number of rotatable bonds is 0. The van der Waals surface area contributed by atoms with Crippen LogP contribution in [0.15, 0.2) is 53.9 Å². The molecular formula is C22H10O6. The molecule has 3 aliphatic rings.